The van der Waals surface area contributed by atoms with E-state index in [4.69, 9.17) is 10.5 Å². The smallest absolute Gasteiger partial charge is 0.244 e. The van der Waals surface area contributed by atoms with Crippen LogP contribution in [0.4, 0.5) is 0 Å². The zero-order chi connectivity index (χ0) is 15.3. The number of benzene rings is 1. The van der Waals surface area contributed by atoms with Gasteiger partial charge in [0.25, 0.3) is 0 Å². The molecular weight excluding hydrogens is 337 g/mol. The first kappa shape index (κ1) is 22.1. The molecule has 2 unspecified atom stereocenters. The number of nitrogens with zero attached hydrogens (tertiary/aromatic N) is 1. The second-order valence-electron chi connectivity index (χ2n) is 5.78. The summed E-state index contributed by atoms with van der Waals surface area (Å²) >= 11 is 0. The van der Waals surface area contributed by atoms with Crippen LogP contribution in [-0.4, -0.2) is 49.7 Å². The highest BCUT2D eigenvalue weighted by Crippen LogP contribution is 2.17. The summed E-state index contributed by atoms with van der Waals surface area (Å²) < 4.78 is 5.34. The van der Waals surface area contributed by atoms with Crippen LogP contribution in [0.1, 0.15) is 19.4 Å². The molecule has 1 aromatic carbocycles. The Morgan fingerprint density at radius 2 is 1.87 bits per heavy atom. The Kier molecular flexibility index (Phi) is 9.73. The van der Waals surface area contributed by atoms with Crippen molar-refractivity contribution in [2.75, 3.05) is 32.8 Å². The van der Waals surface area contributed by atoms with Gasteiger partial charge in [0.15, 0.2) is 0 Å². The molecule has 0 aromatic heterocycles. The van der Waals surface area contributed by atoms with Crippen LogP contribution in [0.15, 0.2) is 30.3 Å². The second-order valence-corrected chi connectivity index (χ2v) is 5.78. The summed E-state index contributed by atoms with van der Waals surface area (Å²) in [6.45, 7) is 7.80. The highest BCUT2D eigenvalue weighted by Gasteiger charge is 2.30. The normalized spacial score (nSPS) is 18.7. The molecule has 5 nitrogen and oxygen atoms in total. The fraction of sp³-hybridized carbons (Fsp3) is 0.562. The van der Waals surface area contributed by atoms with Crippen molar-refractivity contribution in [3.63, 3.8) is 0 Å². The first-order valence-electron chi connectivity index (χ1n) is 7.46. The lowest BCUT2D eigenvalue weighted by atomic mass is 9.92. The van der Waals surface area contributed by atoms with Crippen molar-refractivity contribution >= 4 is 30.7 Å². The maximum absolute atomic E-state index is 12.4. The molecule has 1 amide bonds. The van der Waals surface area contributed by atoms with E-state index in [-0.39, 0.29) is 36.8 Å². The molecule has 0 radical (unpaired) electrons. The van der Waals surface area contributed by atoms with Crippen molar-refractivity contribution in [3.05, 3.63) is 35.9 Å². The van der Waals surface area contributed by atoms with Crippen molar-refractivity contribution in [1.82, 2.24) is 10.2 Å². The minimum Gasteiger partial charge on any atom is -0.379 e. The molecule has 0 spiro atoms. The number of nitrogens with one attached hydrogen (secondary N) is 1. The van der Waals surface area contributed by atoms with Gasteiger partial charge in [-0.1, -0.05) is 30.3 Å². The molecule has 132 valence electrons. The van der Waals surface area contributed by atoms with Crippen molar-refractivity contribution in [2.24, 2.45) is 5.73 Å². The van der Waals surface area contributed by atoms with E-state index in [2.05, 4.69) is 17.1 Å². The summed E-state index contributed by atoms with van der Waals surface area (Å²) in [7, 11) is 0. The fourth-order valence-electron chi connectivity index (χ4n) is 2.49. The Labute approximate surface area is 150 Å². The maximum atomic E-state index is 12.4. The number of amides is 1. The van der Waals surface area contributed by atoms with Crippen LogP contribution in [0.5, 0.6) is 0 Å². The predicted octanol–water partition coefficient (Wildman–Crippen LogP) is 1.54. The van der Waals surface area contributed by atoms with Crippen LogP contribution in [0, 0.1) is 0 Å². The van der Waals surface area contributed by atoms with Crippen molar-refractivity contribution < 1.29 is 9.53 Å². The molecule has 23 heavy (non-hydrogen) atoms. The fourth-order valence-corrected chi connectivity index (χ4v) is 2.49. The topological polar surface area (TPSA) is 67.6 Å². The number of hydrogen-bond acceptors (Lipinski definition) is 4. The molecule has 1 aliphatic heterocycles. The van der Waals surface area contributed by atoms with E-state index < -0.39 is 5.54 Å². The van der Waals surface area contributed by atoms with E-state index in [0.29, 0.717) is 6.54 Å². The monoisotopic (exact) mass is 363 g/mol. The Bertz CT molecular complexity index is 466. The van der Waals surface area contributed by atoms with E-state index in [0.717, 1.165) is 31.9 Å². The van der Waals surface area contributed by atoms with Crippen LogP contribution < -0.4 is 11.1 Å². The zero-order valence-corrected chi connectivity index (χ0v) is 15.3. The molecule has 0 bridgehead atoms. The quantitative estimate of drug-likeness (QED) is 0.832. The van der Waals surface area contributed by atoms with Crippen LogP contribution >= 0.6 is 24.8 Å². The van der Waals surface area contributed by atoms with E-state index in [9.17, 15) is 4.79 Å². The lowest BCUT2D eigenvalue weighted by Gasteiger charge is -2.33. The lowest BCUT2D eigenvalue weighted by molar-refractivity contribution is -0.126. The van der Waals surface area contributed by atoms with Crippen LogP contribution in [0.3, 0.4) is 0 Å². The van der Waals surface area contributed by atoms with Crippen LogP contribution in [-0.2, 0) is 15.1 Å². The number of halogens is 2. The van der Waals surface area contributed by atoms with Gasteiger partial charge in [-0.05, 0) is 19.4 Å². The average molecular weight is 364 g/mol. The van der Waals surface area contributed by atoms with E-state index in [1.807, 2.05) is 30.3 Å². The van der Waals surface area contributed by atoms with Gasteiger partial charge in [0.2, 0.25) is 5.91 Å². The molecule has 1 saturated heterocycles. The first-order valence-corrected chi connectivity index (χ1v) is 7.46. The van der Waals surface area contributed by atoms with Crippen molar-refractivity contribution in [3.8, 4) is 0 Å². The number of carbonyl (C=O) groups excluding carboxylic acids is 1. The second kappa shape index (κ2) is 10.1. The number of carbonyl (C=O) groups is 1. The standard InChI is InChI=1S/C16H25N3O2.2ClH/c1-13(19-8-10-21-11-9-19)12-18-15(20)16(2,17)14-6-4-3-5-7-14;;/h3-7,13H,8-12,17H2,1-2H3,(H,18,20);2*1H. The summed E-state index contributed by atoms with van der Waals surface area (Å²) in [5, 5.41) is 2.97. The van der Waals surface area contributed by atoms with Gasteiger partial charge in [-0.2, -0.15) is 0 Å². The highest BCUT2D eigenvalue weighted by molar-refractivity contribution is 5.87. The van der Waals surface area contributed by atoms with Gasteiger partial charge in [0.05, 0.1) is 13.2 Å². The summed E-state index contributed by atoms with van der Waals surface area (Å²) in [6, 6.07) is 9.74. The molecule has 1 aliphatic rings. The first-order chi connectivity index (χ1) is 10.0. The lowest BCUT2D eigenvalue weighted by Crippen LogP contribution is -2.53. The number of hydrogen-bond donors (Lipinski definition) is 2. The number of nitrogens with two attached hydrogens (primary N) is 1. The minimum atomic E-state index is -1.01. The molecule has 1 heterocycles. The maximum Gasteiger partial charge on any atom is 0.244 e. The average Bonchev–Trinajstić information content (AvgIpc) is 2.53. The zero-order valence-electron chi connectivity index (χ0n) is 13.7. The van der Waals surface area contributed by atoms with Gasteiger partial charge in [-0.3, -0.25) is 9.69 Å². The Morgan fingerprint density at radius 3 is 2.43 bits per heavy atom. The van der Waals surface area contributed by atoms with E-state index >= 15 is 0 Å². The molecule has 7 heteroatoms. The summed E-state index contributed by atoms with van der Waals surface area (Å²) in [6.07, 6.45) is 0. The SMILES string of the molecule is CC(CNC(=O)C(C)(N)c1ccccc1)N1CCOCC1.Cl.Cl. The van der Waals surface area contributed by atoms with Gasteiger partial charge in [-0.15, -0.1) is 24.8 Å². The van der Waals surface area contributed by atoms with Gasteiger partial charge in [-0.25, -0.2) is 0 Å². The van der Waals surface area contributed by atoms with Crippen LogP contribution in [0.25, 0.3) is 0 Å². The summed E-state index contributed by atoms with van der Waals surface area (Å²) in [5.74, 6) is -0.145. The minimum absolute atomic E-state index is 0. The third kappa shape index (κ3) is 5.94. The predicted molar refractivity (Wildman–Crippen MR) is 97.3 cm³/mol. The Morgan fingerprint density at radius 1 is 1.30 bits per heavy atom. The molecule has 1 fully saturated rings. The summed E-state index contributed by atoms with van der Waals surface area (Å²) in [4.78, 5) is 14.7. The van der Waals surface area contributed by atoms with E-state index in [1.54, 1.807) is 6.92 Å². The van der Waals surface area contributed by atoms with Gasteiger partial charge >= 0.3 is 0 Å². The van der Waals surface area contributed by atoms with Gasteiger partial charge < -0.3 is 15.8 Å². The molecule has 2 atom stereocenters. The highest BCUT2D eigenvalue weighted by atomic mass is 35.5. The molecule has 0 saturated carbocycles. The number of morpholine rings is 1. The largest absolute Gasteiger partial charge is 0.379 e. The Balaban J connectivity index is 0.00000242. The van der Waals surface area contributed by atoms with Crippen molar-refractivity contribution in [2.45, 2.75) is 25.4 Å². The Hall–Kier alpha value is -0.850. The third-order valence-corrected chi connectivity index (χ3v) is 4.07. The molecule has 0 aliphatic carbocycles. The molecule has 1 aromatic rings. The molecule has 3 N–H and O–H groups in total. The molecular formula is C16H27Cl2N3O2. The number of ether oxygens (including phenoxy) is 1. The van der Waals surface area contributed by atoms with Crippen molar-refractivity contribution in [1.29, 1.82) is 0 Å². The van der Waals surface area contributed by atoms with Crippen LogP contribution in [0.2, 0.25) is 0 Å². The van der Waals surface area contributed by atoms with Gasteiger partial charge in [0.1, 0.15) is 5.54 Å². The molecule has 2 rings (SSSR count). The number of rotatable bonds is 5. The third-order valence-electron chi connectivity index (χ3n) is 4.07. The van der Waals surface area contributed by atoms with Gasteiger partial charge in [0, 0.05) is 25.7 Å². The van der Waals surface area contributed by atoms with E-state index in [1.165, 1.54) is 0 Å². The summed E-state index contributed by atoms with van der Waals surface area (Å²) in [5.41, 5.74) is 6.01.